The lowest BCUT2D eigenvalue weighted by molar-refractivity contribution is -0.172. The summed E-state index contributed by atoms with van der Waals surface area (Å²) in [5, 5.41) is 13.0. The van der Waals surface area contributed by atoms with E-state index in [9.17, 15) is 9.59 Å². The van der Waals surface area contributed by atoms with Crippen molar-refractivity contribution < 1.29 is 28.8 Å². The number of amides is 1. The van der Waals surface area contributed by atoms with E-state index in [0.717, 1.165) is 16.6 Å². The molecule has 0 bridgehead atoms. The van der Waals surface area contributed by atoms with Gasteiger partial charge in [0.2, 0.25) is 6.29 Å². The maximum Gasteiger partial charge on any atom is 0.326 e. The average Bonchev–Trinajstić information content (AvgIpc) is 3.64. The number of aromatic amines is 1. The summed E-state index contributed by atoms with van der Waals surface area (Å²) < 4.78 is 25.2. The number of imidazole rings is 1. The number of hydrogen-bond donors (Lipinski definition) is 2. The molecule has 2 N–H and O–H groups in total. The number of thiophene rings is 1. The van der Waals surface area contributed by atoms with Crippen molar-refractivity contribution >= 4 is 28.3 Å². The fourth-order valence-electron chi connectivity index (χ4n) is 5.80. The summed E-state index contributed by atoms with van der Waals surface area (Å²) in [7, 11) is 0. The third kappa shape index (κ3) is 6.92. The zero-order chi connectivity index (χ0) is 28.6. The molecule has 2 aliphatic heterocycles. The van der Waals surface area contributed by atoms with E-state index < -0.39 is 6.29 Å². The monoisotopic (exact) mass is 585 g/mol. The van der Waals surface area contributed by atoms with Crippen molar-refractivity contribution in [2.45, 2.75) is 44.4 Å². The Labute approximate surface area is 243 Å². The van der Waals surface area contributed by atoms with Gasteiger partial charge in [0.25, 0.3) is 5.91 Å². The van der Waals surface area contributed by atoms with Crippen molar-refractivity contribution in [2.24, 2.45) is 5.92 Å². The summed E-state index contributed by atoms with van der Waals surface area (Å²) in [4.78, 5) is 31.2. The maximum atomic E-state index is 13.7. The van der Waals surface area contributed by atoms with Crippen LogP contribution in [-0.2, 0) is 23.7 Å². The number of aliphatic hydroxyl groups excluding tert-OH is 1. The normalized spacial score (nSPS) is 21.7. The second-order valence-corrected chi connectivity index (χ2v) is 11.1. The van der Waals surface area contributed by atoms with Gasteiger partial charge >= 0.3 is 5.69 Å². The molecule has 11 heteroatoms. The fourth-order valence-corrected chi connectivity index (χ4v) is 6.51. The molecule has 4 heterocycles. The summed E-state index contributed by atoms with van der Waals surface area (Å²) in [6, 6.07) is 9.82. The molecule has 0 saturated carbocycles. The van der Waals surface area contributed by atoms with Gasteiger partial charge in [0.1, 0.15) is 0 Å². The number of rotatable bonds is 13. The number of carbonyl (C=O) groups excluding carboxylic acids is 1. The van der Waals surface area contributed by atoms with Crippen LogP contribution in [0.15, 0.2) is 57.7 Å². The van der Waals surface area contributed by atoms with Gasteiger partial charge < -0.3 is 33.9 Å². The topological polar surface area (TPSA) is 115 Å². The van der Waals surface area contributed by atoms with E-state index in [-0.39, 0.29) is 36.1 Å². The van der Waals surface area contributed by atoms with Crippen molar-refractivity contribution in [3.05, 3.63) is 69.0 Å². The second kappa shape index (κ2) is 14.3. The minimum absolute atomic E-state index is 0.00665. The van der Waals surface area contributed by atoms with Crippen LogP contribution in [0.2, 0.25) is 0 Å². The Morgan fingerprint density at radius 1 is 1.12 bits per heavy atom. The Morgan fingerprint density at radius 3 is 2.63 bits per heavy atom. The van der Waals surface area contributed by atoms with Gasteiger partial charge in [0.15, 0.2) is 5.76 Å². The molecule has 1 aromatic carbocycles. The molecular formula is C30H39N3O7S. The molecule has 5 rings (SSSR count). The van der Waals surface area contributed by atoms with Crippen molar-refractivity contribution in [1.82, 2.24) is 14.5 Å². The molecule has 10 nitrogen and oxygen atoms in total. The van der Waals surface area contributed by atoms with E-state index in [2.05, 4.69) is 16.4 Å². The Balaban J connectivity index is 1.26. The lowest BCUT2D eigenvalue weighted by Gasteiger charge is -2.39. The highest BCUT2D eigenvalue weighted by Gasteiger charge is 2.39. The molecule has 0 radical (unpaired) electrons. The summed E-state index contributed by atoms with van der Waals surface area (Å²) >= 11 is 1.62. The number of nitrogens with one attached hydrogen (secondary N) is 1. The average molecular weight is 586 g/mol. The van der Waals surface area contributed by atoms with Crippen LogP contribution in [0.3, 0.4) is 0 Å². The maximum absolute atomic E-state index is 13.7. The number of fused-ring (bicyclic) bond motifs is 1. The molecule has 222 valence electrons. The van der Waals surface area contributed by atoms with Crippen LogP contribution in [-0.4, -0.2) is 84.5 Å². The molecule has 3 unspecified atom stereocenters. The summed E-state index contributed by atoms with van der Waals surface area (Å²) in [6.07, 6.45) is 3.43. The van der Waals surface area contributed by atoms with E-state index >= 15 is 0 Å². The van der Waals surface area contributed by atoms with Gasteiger partial charge in [-0.15, -0.1) is 0 Å². The smallest absolute Gasteiger partial charge is 0.326 e. The van der Waals surface area contributed by atoms with Gasteiger partial charge in [-0.05, 0) is 66.8 Å². The number of para-hydroxylation sites is 2. The summed E-state index contributed by atoms with van der Waals surface area (Å²) in [6.45, 7) is 5.11. The number of benzene rings is 1. The number of nitrogens with zero attached hydrogens (tertiary/aromatic N) is 2. The van der Waals surface area contributed by atoms with Gasteiger partial charge in [-0.2, -0.15) is 11.3 Å². The van der Waals surface area contributed by atoms with Crippen molar-refractivity contribution in [3.63, 3.8) is 0 Å². The standard InChI is InChI=1S/C30H39N3O7S/c1-2-39-29-23(9-14-37-16-17-38-15-13-34)24(21-10-18-41-20-21)19-27(40-29)28(35)32-11-7-22(8-12-32)33-26-6-4-3-5-25(26)31-30(33)36/h3-6,10,18-20,22-24,29,34H,2,7-9,11-17H2,1H3,(H,31,36). The van der Waals surface area contributed by atoms with E-state index in [4.69, 9.17) is 24.1 Å². The lowest BCUT2D eigenvalue weighted by Crippen LogP contribution is -2.44. The SMILES string of the molecule is CCOC1OC(C(=O)N2CCC(n3c(=O)[nH]c4ccccc43)CC2)=CC(c2ccsc2)C1CCOCCOCCO. The van der Waals surface area contributed by atoms with Gasteiger partial charge in [-0.25, -0.2) is 4.79 Å². The van der Waals surface area contributed by atoms with Gasteiger partial charge in [0, 0.05) is 44.2 Å². The van der Waals surface area contributed by atoms with Crippen LogP contribution in [0.25, 0.3) is 11.0 Å². The number of ether oxygens (including phenoxy) is 4. The predicted molar refractivity (Wildman–Crippen MR) is 156 cm³/mol. The first-order valence-corrected chi connectivity index (χ1v) is 15.3. The molecule has 0 aliphatic carbocycles. The van der Waals surface area contributed by atoms with Gasteiger partial charge in [-0.3, -0.25) is 9.36 Å². The molecule has 41 heavy (non-hydrogen) atoms. The van der Waals surface area contributed by atoms with Crippen LogP contribution >= 0.6 is 11.3 Å². The quantitative estimate of drug-likeness (QED) is 0.294. The van der Waals surface area contributed by atoms with Crippen LogP contribution in [0.4, 0.5) is 0 Å². The van der Waals surface area contributed by atoms with Crippen LogP contribution in [0.5, 0.6) is 0 Å². The number of hydrogen-bond acceptors (Lipinski definition) is 8. The molecule has 3 atom stereocenters. The number of aromatic nitrogens is 2. The van der Waals surface area contributed by atoms with E-state index in [1.807, 2.05) is 52.1 Å². The van der Waals surface area contributed by atoms with E-state index in [1.165, 1.54) is 0 Å². The molecule has 2 aliphatic rings. The van der Waals surface area contributed by atoms with Crippen molar-refractivity contribution in [2.75, 3.05) is 52.7 Å². The zero-order valence-corrected chi connectivity index (χ0v) is 24.2. The zero-order valence-electron chi connectivity index (χ0n) is 23.4. The first-order valence-electron chi connectivity index (χ1n) is 14.4. The first-order chi connectivity index (χ1) is 20.1. The molecule has 3 aromatic rings. The van der Waals surface area contributed by atoms with Crippen molar-refractivity contribution in [3.8, 4) is 0 Å². The summed E-state index contributed by atoms with van der Waals surface area (Å²) in [5.41, 5.74) is 2.74. The van der Waals surface area contributed by atoms with Gasteiger partial charge in [0.05, 0.1) is 37.5 Å². The fraction of sp³-hybridized carbons (Fsp3) is 0.533. The highest BCUT2D eigenvalue weighted by molar-refractivity contribution is 7.08. The first kappa shape index (κ1) is 29.5. The van der Waals surface area contributed by atoms with E-state index in [0.29, 0.717) is 71.1 Å². The van der Waals surface area contributed by atoms with Crippen LogP contribution < -0.4 is 5.69 Å². The Hall–Kier alpha value is -2.96. The van der Waals surface area contributed by atoms with Gasteiger partial charge in [-0.1, -0.05) is 12.1 Å². The number of likely N-dealkylation sites (tertiary alicyclic amines) is 1. The summed E-state index contributed by atoms with van der Waals surface area (Å²) in [5.74, 6) is 0.0911. The molecule has 2 aromatic heterocycles. The lowest BCUT2D eigenvalue weighted by atomic mass is 9.82. The number of allylic oxidation sites excluding steroid dienone is 1. The van der Waals surface area contributed by atoms with Crippen LogP contribution in [0.1, 0.15) is 43.7 Å². The van der Waals surface area contributed by atoms with Crippen LogP contribution in [0, 0.1) is 5.92 Å². The highest BCUT2D eigenvalue weighted by atomic mass is 32.1. The molecular weight excluding hydrogens is 546 g/mol. The largest absolute Gasteiger partial charge is 0.459 e. The molecule has 1 fully saturated rings. The predicted octanol–water partition coefficient (Wildman–Crippen LogP) is 3.65. The minimum Gasteiger partial charge on any atom is -0.459 e. The van der Waals surface area contributed by atoms with E-state index in [1.54, 1.807) is 11.3 Å². The number of carbonyl (C=O) groups is 1. The number of piperidine rings is 1. The number of aliphatic hydroxyl groups is 1. The minimum atomic E-state index is -0.578. The second-order valence-electron chi connectivity index (χ2n) is 10.3. The molecule has 1 saturated heterocycles. The Kier molecular flexibility index (Phi) is 10.3. The molecule has 0 spiro atoms. The third-order valence-electron chi connectivity index (χ3n) is 7.80. The Morgan fingerprint density at radius 2 is 1.90 bits per heavy atom. The Bertz CT molecular complexity index is 1340. The highest BCUT2D eigenvalue weighted by Crippen LogP contribution is 2.40. The van der Waals surface area contributed by atoms with Crippen molar-refractivity contribution in [1.29, 1.82) is 0 Å². The molecule has 1 amide bonds. The number of H-pyrrole nitrogens is 1. The third-order valence-corrected chi connectivity index (χ3v) is 8.50.